The Morgan fingerprint density at radius 3 is 2.08 bits per heavy atom. The first-order valence-corrected chi connectivity index (χ1v) is 4.57. The molecule has 0 atom stereocenters. The van der Waals surface area contributed by atoms with Gasteiger partial charge in [-0.2, -0.15) is 0 Å². The van der Waals surface area contributed by atoms with Crippen LogP contribution in [-0.4, -0.2) is 13.0 Å². The Morgan fingerprint density at radius 2 is 1.83 bits per heavy atom. The summed E-state index contributed by atoms with van der Waals surface area (Å²) in [5, 5.41) is 2.57. The van der Waals surface area contributed by atoms with Crippen LogP contribution < -0.4 is 5.32 Å². The Bertz CT molecular complexity index is 72.2. The average Bonchev–Trinajstić information content (AvgIpc) is 2.11. The molecule has 0 aromatic carbocycles. The Labute approximate surface area is 77.1 Å². The van der Waals surface area contributed by atoms with Crippen LogP contribution in [0.4, 0.5) is 0 Å². The van der Waals surface area contributed by atoms with Gasteiger partial charge in [-0.25, -0.2) is 0 Å². The van der Waals surface area contributed by atoms with Gasteiger partial charge in [-0.05, 0) is 13.3 Å². The molecule has 0 bridgehead atoms. The summed E-state index contributed by atoms with van der Waals surface area (Å²) in [6.45, 7) is 12.2. The summed E-state index contributed by atoms with van der Waals surface area (Å²) in [5.41, 5.74) is 0. The lowest BCUT2D eigenvalue weighted by atomic mass is 10.3. The lowest BCUT2D eigenvalue weighted by Crippen LogP contribution is -2.11. The van der Waals surface area contributed by atoms with Gasteiger partial charge in [-0.3, -0.25) is 4.79 Å². The Morgan fingerprint density at radius 1 is 1.42 bits per heavy atom. The second-order valence-electron chi connectivity index (χ2n) is 1.83. The van der Waals surface area contributed by atoms with Gasteiger partial charge in [0.1, 0.15) is 0 Å². The normalized spacial score (nSPS) is 6.33. The first-order valence-electron chi connectivity index (χ1n) is 4.57. The van der Waals surface area contributed by atoms with E-state index in [2.05, 4.69) is 18.8 Å². The fourth-order valence-corrected chi connectivity index (χ4v) is 0.338. The molecule has 0 aromatic rings. The summed E-state index contributed by atoms with van der Waals surface area (Å²) >= 11 is 0. The van der Waals surface area contributed by atoms with Crippen LogP contribution in [0.15, 0.2) is 12.7 Å². The number of hydrogen-bond donors (Lipinski definition) is 1. The lowest BCUT2D eigenvalue weighted by molar-refractivity contribution is -0.109. The molecule has 1 amide bonds. The number of hydrogen-bond acceptors (Lipinski definition) is 1. The first kappa shape index (κ1) is 17.3. The molecule has 2 nitrogen and oxygen atoms in total. The third-order valence-electron chi connectivity index (χ3n) is 0.758. The number of carbonyl (C=O) groups excluding carboxylic acids is 1. The second-order valence-corrected chi connectivity index (χ2v) is 1.83. The molecule has 0 heterocycles. The molecule has 0 saturated heterocycles. The van der Waals surface area contributed by atoms with E-state index in [1.54, 1.807) is 6.08 Å². The molecule has 0 spiro atoms. The van der Waals surface area contributed by atoms with Crippen molar-refractivity contribution in [3.63, 3.8) is 0 Å². The molecule has 1 N–H and O–H groups in total. The van der Waals surface area contributed by atoms with Gasteiger partial charge in [0, 0.05) is 6.54 Å². The van der Waals surface area contributed by atoms with Crippen molar-refractivity contribution in [1.29, 1.82) is 0 Å². The van der Waals surface area contributed by atoms with E-state index in [1.807, 2.05) is 20.8 Å². The van der Waals surface area contributed by atoms with Gasteiger partial charge >= 0.3 is 0 Å². The van der Waals surface area contributed by atoms with E-state index in [4.69, 9.17) is 0 Å². The monoisotopic (exact) mass is 173 g/mol. The summed E-state index contributed by atoms with van der Waals surface area (Å²) < 4.78 is 0. The van der Waals surface area contributed by atoms with Crippen LogP contribution in [0.3, 0.4) is 0 Å². The van der Waals surface area contributed by atoms with Crippen molar-refractivity contribution in [2.75, 3.05) is 6.54 Å². The van der Waals surface area contributed by atoms with Gasteiger partial charge < -0.3 is 5.32 Å². The molecule has 0 radical (unpaired) electrons. The molecule has 12 heavy (non-hydrogen) atoms. The van der Waals surface area contributed by atoms with E-state index in [0.717, 1.165) is 25.8 Å². The molecule has 0 rings (SSSR count). The molecule has 2 heteroatoms. The molecule has 0 saturated carbocycles. The van der Waals surface area contributed by atoms with Crippen molar-refractivity contribution in [3.05, 3.63) is 12.7 Å². The predicted molar refractivity (Wildman–Crippen MR) is 56.2 cm³/mol. The van der Waals surface area contributed by atoms with Crippen molar-refractivity contribution >= 4 is 6.41 Å². The van der Waals surface area contributed by atoms with Gasteiger partial charge in [0.25, 0.3) is 0 Å². The molecule has 74 valence electrons. The second kappa shape index (κ2) is 31.9. The maximum Gasteiger partial charge on any atom is 0.207 e. The molecule has 0 unspecified atom stereocenters. The minimum atomic E-state index is 0.732. The Kier molecular flexibility index (Phi) is 46.1. The number of allylic oxidation sites excluding steroid dienone is 1. The zero-order chi connectivity index (χ0) is 10.2. The maximum atomic E-state index is 9.57. The Hall–Kier alpha value is -0.790. The van der Waals surface area contributed by atoms with Crippen molar-refractivity contribution < 1.29 is 4.79 Å². The summed E-state index contributed by atoms with van der Waals surface area (Å²) in [5.74, 6) is 0. The number of carbonyl (C=O) groups is 1. The highest BCUT2D eigenvalue weighted by molar-refractivity contribution is 5.45. The molecule has 0 aliphatic heterocycles. The maximum absolute atomic E-state index is 9.57. The summed E-state index contributed by atoms with van der Waals surface area (Å²) in [6.07, 6.45) is 4.70. The van der Waals surface area contributed by atoms with Crippen LogP contribution in [0, 0.1) is 0 Å². The van der Waals surface area contributed by atoms with E-state index in [1.165, 1.54) is 0 Å². The first-order chi connectivity index (χ1) is 5.83. The highest BCUT2D eigenvalue weighted by atomic mass is 16.1. The average molecular weight is 173 g/mol. The van der Waals surface area contributed by atoms with E-state index < -0.39 is 0 Å². The van der Waals surface area contributed by atoms with Crippen LogP contribution in [0.2, 0.25) is 0 Å². The van der Waals surface area contributed by atoms with Gasteiger partial charge in [0.15, 0.2) is 0 Å². The highest BCUT2D eigenvalue weighted by Gasteiger charge is 1.76. The third-order valence-corrected chi connectivity index (χ3v) is 0.758. The zero-order valence-corrected chi connectivity index (χ0v) is 8.89. The molecule has 0 fully saturated rings. The van der Waals surface area contributed by atoms with E-state index >= 15 is 0 Å². The van der Waals surface area contributed by atoms with Crippen LogP contribution in [0.25, 0.3) is 0 Å². The van der Waals surface area contributed by atoms with Crippen LogP contribution in [-0.2, 0) is 4.79 Å². The van der Waals surface area contributed by atoms with E-state index in [0.29, 0.717) is 0 Å². The smallest absolute Gasteiger partial charge is 0.207 e. The Balaban J connectivity index is -0.000000137. The van der Waals surface area contributed by atoms with Crippen molar-refractivity contribution in [1.82, 2.24) is 5.32 Å². The summed E-state index contributed by atoms with van der Waals surface area (Å²) in [6, 6.07) is 0. The van der Waals surface area contributed by atoms with Crippen LogP contribution in [0.1, 0.15) is 40.5 Å². The number of rotatable bonds is 4. The van der Waals surface area contributed by atoms with Gasteiger partial charge in [0.2, 0.25) is 6.41 Å². The fraction of sp³-hybridized carbons (Fsp3) is 0.700. The number of unbranched alkanes of at least 4 members (excludes halogenated alkanes) is 1. The van der Waals surface area contributed by atoms with Crippen molar-refractivity contribution in [2.45, 2.75) is 40.5 Å². The highest BCUT2D eigenvalue weighted by Crippen LogP contribution is 1.79. The SMILES string of the molecule is C=CC.CC.CCCCNC=O. The van der Waals surface area contributed by atoms with Gasteiger partial charge in [-0.1, -0.05) is 33.3 Å². The summed E-state index contributed by atoms with van der Waals surface area (Å²) in [7, 11) is 0. The third kappa shape index (κ3) is 60.2. The predicted octanol–water partition coefficient (Wildman–Crippen LogP) is 2.75. The zero-order valence-electron chi connectivity index (χ0n) is 8.89. The number of amides is 1. The van der Waals surface area contributed by atoms with Gasteiger partial charge in [-0.15, -0.1) is 6.58 Å². The molecule has 0 aliphatic rings. The molecular formula is C10H23NO. The number of nitrogens with one attached hydrogen (secondary N) is 1. The largest absolute Gasteiger partial charge is 0.359 e. The molecule has 0 aliphatic carbocycles. The van der Waals surface area contributed by atoms with Crippen molar-refractivity contribution in [2.24, 2.45) is 0 Å². The topological polar surface area (TPSA) is 29.1 Å². The minimum Gasteiger partial charge on any atom is -0.359 e. The molecule has 0 aromatic heterocycles. The lowest BCUT2D eigenvalue weighted by Gasteiger charge is -1.90. The van der Waals surface area contributed by atoms with Crippen molar-refractivity contribution in [3.8, 4) is 0 Å². The van der Waals surface area contributed by atoms with Gasteiger partial charge in [0.05, 0.1) is 0 Å². The molecular weight excluding hydrogens is 150 g/mol. The standard InChI is InChI=1S/C5H11NO.C3H6.C2H6/c1-2-3-4-6-5-7;1-3-2;1-2/h5H,2-4H2,1H3,(H,6,7);3H,1H2,2H3;1-2H3. The van der Waals surface area contributed by atoms with Crippen LogP contribution >= 0.6 is 0 Å². The minimum absolute atomic E-state index is 0.732. The van der Waals surface area contributed by atoms with Crippen LogP contribution in [0.5, 0.6) is 0 Å². The van der Waals surface area contributed by atoms with E-state index in [-0.39, 0.29) is 0 Å². The summed E-state index contributed by atoms with van der Waals surface area (Å²) in [4.78, 5) is 9.57. The fourth-order valence-electron chi connectivity index (χ4n) is 0.338. The quantitative estimate of drug-likeness (QED) is 0.395. The van der Waals surface area contributed by atoms with E-state index in [9.17, 15) is 4.79 Å².